The fourth-order valence-electron chi connectivity index (χ4n) is 5.71. The van der Waals surface area contributed by atoms with Crippen LogP contribution in [0.25, 0.3) is 10.4 Å². The van der Waals surface area contributed by atoms with Gasteiger partial charge in [0, 0.05) is 37.1 Å². The monoisotopic (exact) mass is 549 g/mol. The van der Waals surface area contributed by atoms with Crippen LogP contribution in [0.4, 0.5) is 4.39 Å². The van der Waals surface area contributed by atoms with Crippen LogP contribution in [0.1, 0.15) is 53.9 Å². The molecular formula is C30H32FN3O4S. The molecule has 1 aromatic heterocycles. The first kappa shape index (κ1) is 27.1. The second-order valence-electron chi connectivity index (χ2n) is 10.7. The van der Waals surface area contributed by atoms with Gasteiger partial charge < -0.3 is 14.9 Å². The smallest absolute Gasteiger partial charge is 0.255 e. The summed E-state index contributed by atoms with van der Waals surface area (Å²) < 4.78 is 14.9. The average Bonchev–Trinajstić information content (AvgIpc) is 3.60. The number of aryl methyl sites for hydroxylation is 2. The highest BCUT2D eigenvalue weighted by Crippen LogP contribution is 2.32. The predicted octanol–water partition coefficient (Wildman–Crippen LogP) is 4.40. The average molecular weight is 550 g/mol. The number of aliphatic hydroxyl groups excluding tert-OH is 1. The Morgan fingerprint density at radius 1 is 1.18 bits per heavy atom. The lowest BCUT2D eigenvalue weighted by atomic mass is 9.97. The Morgan fingerprint density at radius 3 is 2.62 bits per heavy atom. The summed E-state index contributed by atoms with van der Waals surface area (Å²) in [6.45, 7) is 5.98. The van der Waals surface area contributed by atoms with Gasteiger partial charge in [-0.2, -0.15) is 0 Å². The summed E-state index contributed by atoms with van der Waals surface area (Å²) in [6, 6.07) is 10.8. The molecule has 1 N–H and O–H groups in total. The van der Waals surface area contributed by atoms with Gasteiger partial charge in [-0.05, 0) is 42.5 Å². The molecular weight excluding hydrogens is 517 g/mol. The topological polar surface area (TPSA) is 90.8 Å². The van der Waals surface area contributed by atoms with Crippen molar-refractivity contribution in [3.8, 4) is 10.4 Å². The quantitative estimate of drug-likeness (QED) is 0.450. The Morgan fingerprint density at radius 2 is 1.95 bits per heavy atom. The third-order valence-electron chi connectivity index (χ3n) is 7.69. The lowest BCUT2D eigenvalue weighted by molar-refractivity contribution is -0.142. The van der Waals surface area contributed by atoms with E-state index in [9.17, 15) is 23.9 Å². The zero-order valence-corrected chi connectivity index (χ0v) is 23.1. The first-order chi connectivity index (χ1) is 18.7. The van der Waals surface area contributed by atoms with Gasteiger partial charge in [-0.1, -0.05) is 44.2 Å². The highest BCUT2D eigenvalue weighted by Gasteiger charge is 2.45. The van der Waals surface area contributed by atoms with Crippen molar-refractivity contribution in [2.45, 2.75) is 64.8 Å². The van der Waals surface area contributed by atoms with Crippen LogP contribution in [0.2, 0.25) is 0 Å². The summed E-state index contributed by atoms with van der Waals surface area (Å²) in [5.74, 6) is -1.25. The normalized spacial score (nSPS) is 19.6. The van der Waals surface area contributed by atoms with E-state index < -0.39 is 18.2 Å². The Balaban J connectivity index is 1.29. The minimum Gasteiger partial charge on any atom is -0.391 e. The van der Waals surface area contributed by atoms with Crippen LogP contribution >= 0.6 is 11.3 Å². The first-order valence-electron chi connectivity index (χ1n) is 13.2. The van der Waals surface area contributed by atoms with Gasteiger partial charge in [0.25, 0.3) is 5.91 Å². The van der Waals surface area contributed by atoms with Gasteiger partial charge in [0.1, 0.15) is 11.9 Å². The summed E-state index contributed by atoms with van der Waals surface area (Å²) in [6.07, 6.45) is -0.233. The van der Waals surface area contributed by atoms with E-state index in [1.807, 2.05) is 39.0 Å². The van der Waals surface area contributed by atoms with E-state index in [-0.39, 0.29) is 48.7 Å². The van der Waals surface area contributed by atoms with E-state index in [4.69, 9.17) is 0 Å². The molecule has 2 aliphatic heterocycles. The van der Waals surface area contributed by atoms with Crippen LogP contribution in [0.15, 0.2) is 48.0 Å². The number of Topliss-reactive ketones (excluding diaryl/α,β-unsaturated/α-hetero) is 1. The fourth-order valence-corrected chi connectivity index (χ4v) is 6.54. The molecule has 0 aliphatic carbocycles. The third-order valence-corrected chi connectivity index (χ3v) is 8.65. The van der Waals surface area contributed by atoms with Crippen molar-refractivity contribution < 1.29 is 23.9 Å². The van der Waals surface area contributed by atoms with E-state index in [1.54, 1.807) is 28.6 Å². The first-order valence-corrected chi connectivity index (χ1v) is 14.1. The Labute approximate surface area is 231 Å². The van der Waals surface area contributed by atoms with Crippen molar-refractivity contribution >= 4 is 28.9 Å². The minimum absolute atomic E-state index is 0.0466. The second-order valence-corrected chi connectivity index (χ2v) is 11.6. The lowest BCUT2D eigenvalue weighted by Gasteiger charge is -2.35. The molecule has 1 fully saturated rings. The van der Waals surface area contributed by atoms with Gasteiger partial charge in [0.15, 0.2) is 5.78 Å². The zero-order valence-electron chi connectivity index (χ0n) is 22.3. The number of rotatable bonds is 8. The number of β-amino-alcohol motifs (C(OH)–C–C–N with tert-alkyl or cyclic N) is 1. The molecule has 3 heterocycles. The molecule has 3 aromatic rings. The summed E-state index contributed by atoms with van der Waals surface area (Å²) in [7, 11) is 0. The molecule has 204 valence electrons. The van der Waals surface area contributed by atoms with E-state index in [0.717, 1.165) is 16.1 Å². The van der Waals surface area contributed by atoms with Crippen molar-refractivity contribution in [1.29, 1.82) is 0 Å². The van der Waals surface area contributed by atoms with Crippen molar-refractivity contribution in [2.75, 3.05) is 6.54 Å². The van der Waals surface area contributed by atoms with Crippen LogP contribution in [0.5, 0.6) is 0 Å². The molecule has 0 spiro atoms. The molecule has 0 radical (unpaired) electrons. The number of carbonyl (C=O) groups excluding carboxylic acids is 3. The molecule has 2 aromatic carbocycles. The molecule has 0 bridgehead atoms. The number of nitrogens with zero attached hydrogens (tertiary/aromatic N) is 3. The number of likely N-dealkylation sites (tertiary alicyclic amines) is 1. The van der Waals surface area contributed by atoms with Crippen LogP contribution in [0.3, 0.4) is 0 Å². The number of fused-ring (bicyclic) bond motifs is 1. The number of aromatic nitrogens is 1. The Bertz CT molecular complexity index is 1420. The number of carbonyl (C=O) groups is 3. The third kappa shape index (κ3) is 5.25. The highest BCUT2D eigenvalue weighted by molar-refractivity contribution is 7.13. The van der Waals surface area contributed by atoms with E-state index in [2.05, 4.69) is 4.98 Å². The zero-order chi connectivity index (χ0) is 27.8. The van der Waals surface area contributed by atoms with E-state index >= 15 is 0 Å². The number of hydrogen-bond donors (Lipinski definition) is 1. The molecule has 39 heavy (non-hydrogen) atoms. The number of amides is 2. The number of halogens is 1. The van der Waals surface area contributed by atoms with Crippen LogP contribution in [0, 0.1) is 18.7 Å². The van der Waals surface area contributed by atoms with Crippen LogP contribution in [-0.4, -0.2) is 62.2 Å². The van der Waals surface area contributed by atoms with Crippen molar-refractivity contribution in [1.82, 2.24) is 14.8 Å². The van der Waals surface area contributed by atoms with Gasteiger partial charge in [0.05, 0.1) is 28.2 Å². The number of thiazole rings is 1. The second kappa shape index (κ2) is 11.0. The molecule has 7 nitrogen and oxygen atoms in total. The maximum atomic E-state index is 14.9. The van der Waals surface area contributed by atoms with Crippen molar-refractivity contribution in [2.24, 2.45) is 5.92 Å². The molecule has 2 aliphatic rings. The van der Waals surface area contributed by atoms with Crippen molar-refractivity contribution in [3.63, 3.8) is 0 Å². The maximum absolute atomic E-state index is 14.9. The summed E-state index contributed by atoms with van der Waals surface area (Å²) in [4.78, 5) is 48.3. The molecule has 1 saturated heterocycles. The number of ketones is 1. The molecule has 9 heteroatoms. The minimum atomic E-state index is -0.818. The summed E-state index contributed by atoms with van der Waals surface area (Å²) in [5, 5.41) is 10.4. The largest absolute Gasteiger partial charge is 0.391 e. The number of aliphatic hydroxyl groups is 1. The molecule has 3 atom stereocenters. The summed E-state index contributed by atoms with van der Waals surface area (Å²) >= 11 is 1.38. The van der Waals surface area contributed by atoms with Gasteiger partial charge in [0.2, 0.25) is 5.91 Å². The van der Waals surface area contributed by atoms with Gasteiger partial charge in [-0.15, -0.1) is 11.3 Å². The van der Waals surface area contributed by atoms with Gasteiger partial charge in [-0.3, -0.25) is 14.4 Å². The molecule has 0 saturated carbocycles. The van der Waals surface area contributed by atoms with Gasteiger partial charge in [-0.25, -0.2) is 9.37 Å². The van der Waals surface area contributed by atoms with Gasteiger partial charge >= 0.3 is 0 Å². The number of benzene rings is 2. The summed E-state index contributed by atoms with van der Waals surface area (Å²) in [5.41, 5.74) is 5.09. The Hall–Kier alpha value is -3.43. The molecule has 2 amide bonds. The molecule has 5 rings (SSSR count). The lowest BCUT2D eigenvalue weighted by Crippen LogP contribution is -2.54. The fraction of sp³-hybridized carbons (Fsp3) is 0.400. The predicted molar refractivity (Wildman–Crippen MR) is 147 cm³/mol. The van der Waals surface area contributed by atoms with Crippen molar-refractivity contribution in [3.05, 3.63) is 76.2 Å². The maximum Gasteiger partial charge on any atom is 0.255 e. The Kier molecular flexibility index (Phi) is 7.64. The molecule has 0 unspecified atom stereocenters. The van der Waals surface area contributed by atoms with E-state index in [0.29, 0.717) is 29.7 Å². The SMILES string of the molecule is Cc1ncsc1-c1ccc(CCC(=O)[C@@H]2C[C@@H](O)CN2C(=O)[C@H](C(C)C)N2Cc3ccccc3C2=O)cc1F. The van der Waals surface area contributed by atoms with Crippen LogP contribution < -0.4 is 0 Å². The van der Waals surface area contributed by atoms with E-state index in [1.165, 1.54) is 22.3 Å². The standard InChI is InChI=1S/C30H32FN3O4S/c1-17(2)27(34-14-20-6-4-5-7-22(20)29(34)37)30(38)33-15-21(35)13-25(33)26(36)11-9-19-8-10-23(24(31)12-19)28-18(3)32-16-39-28/h4-8,10,12,16-17,21,25,27,35H,9,11,13-15H2,1-3H3/t21-,25+,27+/m1/s1. The number of hydrogen-bond acceptors (Lipinski definition) is 6. The highest BCUT2D eigenvalue weighted by atomic mass is 32.1. The van der Waals surface area contributed by atoms with Crippen LogP contribution in [-0.2, 0) is 22.6 Å².